The van der Waals surface area contributed by atoms with Crippen LogP contribution in [0.1, 0.15) is 30.3 Å². The van der Waals surface area contributed by atoms with E-state index in [-0.39, 0.29) is 11.9 Å². The lowest BCUT2D eigenvalue weighted by molar-refractivity contribution is 0.0127. The summed E-state index contributed by atoms with van der Waals surface area (Å²) in [5, 5.41) is 4.19. The lowest BCUT2D eigenvalue weighted by Gasteiger charge is -2.38. The quantitative estimate of drug-likeness (QED) is 0.851. The number of halogens is 1. The average molecular weight is 307 g/mol. The van der Waals surface area contributed by atoms with Crippen molar-refractivity contribution in [3.63, 3.8) is 0 Å². The SMILES string of the molecule is CC(C)c1nnsc1CN1CC(Oc2ccccc2F)C1. The maximum absolute atomic E-state index is 13.5. The van der Waals surface area contributed by atoms with Crippen LogP contribution in [-0.2, 0) is 6.54 Å². The van der Waals surface area contributed by atoms with Gasteiger partial charge in [0.2, 0.25) is 0 Å². The molecule has 0 aliphatic carbocycles. The lowest BCUT2D eigenvalue weighted by atomic mass is 10.1. The summed E-state index contributed by atoms with van der Waals surface area (Å²) in [6.07, 6.45) is 0.0604. The second-order valence-electron chi connectivity index (χ2n) is 5.60. The van der Waals surface area contributed by atoms with Gasteiger partial charge in [-0.3, -0.25) is 4.90 Å². The largest absolute Gasteiger partial charge is 0.485 e. The second-order valence-corrected chi connectivity index (χ2v) is 6.44. The van der Waals surface area contributed by atoms with E-state index in [1.165, 1.54) is 22.5 Å². The van der Waals surface area contributed by atoms with Gasteiger partial charge in [-0.05, 0) is 29.6 Å². The van der Waals surface area contributed by atoms with Gasteiger partial charge in [0.1, 0.15) is 6.10 Å². The summed E-state index contributed by atoms with van der Waals surface area (Å²) >= 11 is 1.46. The van der Waals surface area contributed by atoms with Crippen LogP contribution < -0.4 is 4.74 Å². The Morgan fingerprint density at radius 3 is 2.86 bits per heavy atom. The van der Waals surface area contributed by atoms with E-state index >= 15 is 0 Å². The standard InChI is InChI=1S/C15H18FN3OS/c1-10(2)15-14(21-18-17-15)9-19-7-11(8-19)20-13-6-4-3-5-12(13)16/h3-6,10-11H,7-9H2,1-2H3. The molecule has 0 N–H and O–H groups in total. The highest BCUT2D eigenvalue weighted by atomic mass is 32.1. The van der Waals surface area contributed by atoms with E-state index in [0.29, 0.717) is 11.7 Å². The van der Waals surface area contributed by atoms with Crippen LogP contribution in [0.4, 0.5) is 4.39 Å². The summed E-state index contributed by atoms with van der Waals surface area (Å²) < 4.78 is 23.2. The van der Waals surface area contributed by atoms with Gasteiger partial charge in [0.15, 0.2) is 11.6 Å². The number of ether oxygens (including phenoxy) is 1. The smallest absolute Gasteiger partial charge is 0.165 e. The number of benzene rings is 1. The number of aromatic nitrogens is 2. The van der Waals surface area contributed by atoms with Crippen molar-refractivity contribution in [2.75, 3.05) is 13.1 Å². The molecular formula is C15H18FN3OS. The van der Waals surface area contributed by atoms with Gasteiger partial charge < -0.3 is 4.74 Å². The van der Waals surface area contributed by atoms with Crippen LogP contribution in [0, 0.1) is 5.82 Å². The first kappa shape index (κ1) is 14.4. The molecule has 21 heavy (non-hydrogen) atoms. The summed E-state index contributed by atoms with van der Waals surface area (Å²) in [4.78, 5) is 3.49. The number of rotatable bonds is 5. The maximum Gasteiger partial charge on any atom is 0.165 e. The molecule has 6 heteroatoms. The third-order valence-electron chi connectivity index (χ3n) is 3.55. The highest BCUT2D eigenvalue weighted by Gasteiger charge is 2.30. The van der Waals surface area contributed by atoms with Gasteiger partial charge in [0.25, 0.3) is 0 Å². The molecule has 3 rings (SSSR count). The van der Waals surface area contributed by atoms with Crippen LogP contribution in [0.25, 0.3) is 0 Å². The molecule has 4 nitrogen and oxygen atoms in total. The maximum atomic E-state index is 13.5. The normalized spacial score (nSPS) is 16.2. The zero-order chi connectivity index (χ0) is 14.8. The Morgan fingerprint density at radius 1 is 1.38 bits per heavy atom. The van der Waals surface area contributed by atoms with Gasteiger partial charge in [-0.25, -0.2) is 4.39 Å². The van der Waals surface area contributed by atoms with Crippen molar-refractivity contribution in [3.05, 3.63) is 40.7 Å². The van der Waals surface area contributed by atoms with E-state index in [4.69, 9.17) is 4.74 Å². The van der Waals surface area contributed by atoms with Crippen LogP contribution in [0.2, 0.25) is 0 Å². The molecule has 0 bridgehead atoms. The van der Waals surface area contributed by atoms with Crippen molar-refractivity contribution in [1.29, 1.82) is 0 Å². The monoisotopic (exact) mass is 307 g/mol. The van der Waals surface area contributed by atoms with Gasteiger partial charge in [-0.15, -0.1) is 5.10 Å². The molecule has 0 radical (unpaired) electrons. The molecule has 1 aromatic heterocycles. The first-order valence-electron chi connectivity index (χ1n) is 7.08. The molecule has 0 saturated carbocycles. The Labute approximate surface area is 127 Å². The van der Waals surface area contributed by atoms with Gasteiger partial charge >= 0.3 is 0 Å². The third-order valence-corrected chi connectivity index (χ3v) is 4.28. The minimum absolute atomic E-state index is 0.0604. The van der Waals surface area contributed by atoms with Crippen molar-refractivity contribution >= 4 is 11.5 Å². The zero-order valence-corrected chi connectivity index (χ0v) is 12.9. The van der Waals surface area contributed by atoms with Crippen molar-refractivity contribution in [3.8, 4) is 5.75 Å². The summed E-state index contributed by atoms with van der Waals surface area (Å²) in [7, 11) is 0. The fraction of sp³-hybridized carbons (Fsp3) is 0.467. The van der Waals surface area contributed by atoms with Gasteiger partial charge in [-0.1, -0.05) is 30.5 Å². The number of likely N-dealkylation sites (tertiary alicyclic amines) is 1. The Morgan fingerprint density at radius 2 is 2.14 bits per heavy atom. The molecule has 1 fully saturated rings. The molecule has 1 aromatic carbocycles. The summed E-state index contributed by atoms with van der Waals surface area (Å²) in [6.45, 7) is 6.72. The summed E-state index contributed by atoms with van der Waals surface area (Å²) in [5.41, 5.74) is 1.08. The van der Waals surface area contributed by atoms with Gasteiger partial charge in [0.05, 0.1) is 10.6 Å². The van der Waals surface area contributed by atoms with Crippen molar-refractivity contribution in [1.82, 2.24) is 14.5 Å². The predicted molar refractivity (Wildman–Crippen MR) is 80.1 cm³/mol. The summed E-state index contributed by atoms with van der Waals surface area (Å²) in [5.74, 6) is 0.430. The molecule has 1 saturated heterocycles. The molecule has 2 heterocycles. The van der Waals surface area contributed by atoms with E-state index in [2.05, 4.69) is 28.3 Å². The first-order chi connectivity index (χ1) is 10.1. The van der Waals surface area contributed by atoms with Crippen molar-refractivity contribution in [2.45, 2.75) is 32.4 Å². The molecule has 0 spiro atoms. The van der Waals surface area contributed by atoms with E-state index in [0.717, 1.165) is 25.3 Å². The fourth-order valence-corrected chi connectivity index (χ4v) is 3.25. The van der Waals surface area contributed by atoms with Gasteiger partial charge in [-0.2, -0.15) is 0 Å². The molecule has 1 aliphatic rings. The van der Waals surface area contributed by atoms with Crippen molar-refractivity contribution < 1.29 is 9.13 Å². The Hall–Kier alpha value is -1.53. The lowest BCUT2D eigenvalue weighted by Crippen LogP contribution is -2.53. The molecule has 2 aromatic rings. The minimum atomic E-state index is -0.301. The fourth-order valence-electron chi connectivity index (χ4n) is 2.41. The Kier molecular flexibility index (Phi) is 4.17. The molecule has 1 aliphatic heterocycles. The zero-order valence-electron chi connectivity index (χ0n) is 12.1. The Balaban J connectivity index is 1.52. The van der Waals surface area contributed by atoms with Crippen LogP contribution in [0.3, 0.4) is 0 Å². The molecular weight excluding hydrogens is 289 g/mol. The molecule has 0 amide bonds. The highest BCUT2D eigenvalue weighted by molar-refractivity contribution is 7.05. The number of hydrogen-bond donors (Lipinski definition) is 0. The van der Waals surface area contributed by atoms with E-state index < -0.39 is 0 Å². The third kappa shape index (κ3) is 3.22. The Bertz CT molecular complexity index is 610. The minimum Gasteiger partial charge on any atom is -0.485 e. The first-order valence-corrected chi connectivity index (χ1v) is 7.85. The topological polar surface area (TPSA) is 38.2 Å². The van der Waals surface area contributed by atoms with Crippen LogP contribution in [-0.4, -0.2) is 33.7 Å². The second kappa shape index (κ2) is 6.07. The van der Waals surface area contributed by atoms with Crippen LogP contribution >= 0.6 is 11.5 Å². The average Bonchev–Trinajstić information content (AvgIpc) is 2.87. The predicted octanol–water partition coefficient (Wildman–Crippen LogP) is 3.06. The van der Waals surface area contributed by atoms with Crippen molar-refractivity contribution in [2.24, 2.45) is 0 Å². The summed E-state index contributed by atoms with van der Waals surface area (Å²) in [6, 6.07) is 6.54. The molecule has 0 atom stereocenters. The number of hydrogen-bond acceptors (Lipinski definition) is 5. The molecule has 0 unspecified atom stereocenters. The highest BCUT2D eigenvalue weighted by Crippen LogP contribution is 2.25. The molecule has 112 valence electrons. The van der Waals surface area contributed by atoms with E-state index in [1.807, 2.05) is 0 Å². The van der Waals surface area contributed by atoms with Crippen LogP contribution in [0.15, 0.2) is 24.3 Å². The van der Waals surface area contributed by atoms with E-state index in [9.17, 15) is 4.39 Å². The van der Waals surface area contributed by atoms with Crippen LogP contribution in [0.5, 0.6) is 5.75 Å². The van der Waals surface area contributed by atoms with E-state index in [1.54, 1.807) is 18.2 Å². The number of nitrogens with zero attached hydrogens (tertiary/aromatic N) is 3. The number of para-hydroxylation sites is 1. The van der Waals surface area contributed by atoms with Gasteiger partial charge in [0, 0.05) is 19.6 Å².